The van der Waals surface area contributed by atoms with Crippen LogP contribution in [0.15, 0.2) is 41.0 Å². The van der Waals surface area contributed by atoms with E-state index in [-0.39, 0.29) is 0 Å². The van der Waals surface area contributed by atoms with Gasteiger partial charge in [-0.15, -0.1) is 0 Å². The fraction of sp³-hybridized carbons (Fsp3) is 0.143. The molecule has 7 heteroatoms. The molecule has 2 rings (SSSR count). The first kappa shape index (κ1) is 15.6. The van der Waals surface area contributed by atoms with E-state index in [0.717, 1.165) is 0 Å². The van der Waals surface area contributed by atoms with Gasteiger partial charge in [-0.25, -0.2) is 9.78 Å². The summed E-state index contributed by atoms with van der Waals surface area (Å²) in [6.45, 7) is 1.46. The molecule has 2 aromatic rings. The number of carboxylic acids is 1. The number of aromatic nitrogens is 1. The van der Waals surface area contributed by atoms with E-state index in [9.17, 15) is 4.79 Å². The molecule has 0 spiro atoms. The molecule has 0 saturated carbocycles. The fourth-order valence-corrected chi connectivity index (χ4v) is 2.15. The Morgan fingerprint density at radius 1 is 1.33 bits per heavy atom. The second-order valence-electron chi connectivity index (χ2n) is 4.11. The van der Waals surface area contributed by atoms with Crippen molar-refractivity contribution in [3.8, 4) is 17.4 Å². The Labute approximate surface area is 134 Å². The molecular weight excluding hydrogens is 362 g/mol. The third-order valence-corrected chi connectivity index (χ3v) is 3.25. The molecule has 1 aromatic carbocycles. The van der Waals surface area contributed by atoms with Gasteiger partial charge in [0.15, 0.2) is 6.10 Å². The molecule has 0 aliphatic heterocycles. The molecular formula is C14H11BrClNO4. The molecule has 0 aliphatic carbocycles. The van der Waals surface area contributed by atoms with E-state index in [2.05, 4.69) is 20.9 Å². The highest BCUT2D eigenvalue weighted by Crippen LogP contribution is 2.30. The van der Waals surface area contributed by atoms with Crippen LogP contribution in [0, 0.1) is 0 Å². The highest BCUT2D eigenvalue weighted by Gasteiger charge is 2.12. The van der Waals surface area contributed by atoms with Crippen LogP contribution in [-0.4, -0.2) is 22.2 Å². The Morgan fingerprint density at radius 3 is 2.52 bits per heavy atom. The van der Waals surface area contributed by atoms with Crippen molar-refractivity contribution < 1.29 is 19.4 Å². The zero-order valence-electron chi connectivity index (χ0n) is 10.9. The van der Waals surface area contributed by atoms with E-state index in [4.69, 9.17) is 26.2 Å². The zero-order chi connectivity index (χ0) is 15.4. The van der Waals surface area contributed by atoms with Crippen LogP contribution < -0.4 is 9.47 Å². The number of aliphatic carboxylic acids is 1. The highest BCUT2D eigenvalue weighted by molar-refractivity contribution is 9.10. The second kappa shape index (κ2) is 6.78. The summed E-state index contributed by atoms with van der Waals surface area (Å²) in [6.07, 6.45) is 0.567. The number of hydrogen-bond acceptors (Lipinski definition) is 4. The molecule has 1 unspecified atom stereocenters. The fourth-order valence-electron chi connectivity index (χ4n) is 1.43. The van der Waals surface area contributed by atoms with Gasteiger partial charge in [0.05, 0.1) is 9.50 Å². The molecule has 1 aromatic heterocycles. The highest BCUT2D eigenvalue weighted by atomic mass is 79.9. The van der Waals surface area contributed by atoms with Crippen molar-refractivity contribution in [2.75, 3.05) is 0 Å². The summed E-state index contributed by atoms with van der Waals surface area (Å²) >= 11 is 9.11. The molecule has 21 heavy (non-hydrogen) atoms. The van der Waals surface area contributed by atoms with E-state index >= 15 is 0 Å². The van der Waals surface area contributed by atoms with Crippen LogP contribution in [0.2, 0.25) is 5.02 Å². The van der Waals surface area contributed by atoms with Gasteiger partial charge in [-0.05, 0) is 53.2 Å². The monoisotopic (exact) mass is 371 g/mol. The minimum absolute atomic E-state index is 0.381. The number of pyridine rings is 1. The van der Waals surface area contributed by atoms with Crippen LogP contribution in [0.25, 0.3) is 0 Å². The molecule has 0 aliphatic rings. The van der Waals surface area contributed by atoms with Crippen molar-refractivity contribution in [1.29, 1.82) is 0 Å². The van der Waals surface area contributed by atoms with Crippen LogP contribution >= 0.6 is 27.5 Å². The number of benzene rings is 1. The van der Waals surface area contributed by atoms with Crippen molar-refractivity contribution in [3.63, 3.8) is 0 Å². The van der Waals surface area contributed by atoms with Gasteiger partial charge in [-0.3, -0.25) is 0 Å². The third-order valence-electron chi connectivity index (χ3n) is 2.47. The third kappa shape index (κ3) is 4.34. The van der Waals surface area contributed by atoms with Gasteiger partial charge in [-0.1, -0.05) is 11.6 Å². The van der Waals surface area contributed by atoms with Gasteiger partial charge in [0.2, 0.25) is 5.88 Å². The summed E-state index contributed by atoms with van der Waals surface area (Å²) in [5, 5.41) is 9.27. The second-order valence-corrected chi connectivity index (χ2v) is 5.40. The summed E-state index contributed by atoms with van der Waals surface area (Å²) in [5.74, 6) is 0.345. The lowest BCUT2D eigenvalue weighted by molar-refractivity contribution is -0.144. The van der Waals surface area contributed by atoms with Crippen LogP contribution in [0.4, 0.5) is 0 Å². The Balaban J connectivity index is 2.07. The average Bonchev–Trinajstić information content (AvgIpc) is 2.43. The van der Waals surface area contributed by atoms with Gasteiger partial charge in [0.1, 0.15) is 11.5 Å². The van der Waals surface area contributed by atoms with E-state index in [1.54, 1.807) is 30.3 Å². The first-order valence-electron chi connectivity index (χ1n) is 5.94. The van der Waals surface area contributed by atoms with Crippen molar-refractivity contribution in [2.24, 2.45) is 0 Å². The van der Waals surface area contributed by atoms with Crippen molar-refractivity contribution >= 4 is 33.5 Å². The standard InChI is InChI=1S/C14H11BrClNO4/c1-8(14(18)19)20-10-2-4-11(5-3-10)21-13-12(15)6-9(16)7-17-13/h2-8H,1H3,(H,18,19). The summed E-state index contributed by atoms with van der Waals surface area (Å²) in [5.41, 5.74) is 0. The lowest BCUT2D eigenvalue weighted by Crippen LogP contribution is -2.22. The van der Waals surface area contributed by atoms with E-state index in [1.807, 2.05) is 0 Å². The zero-order valence-corrected chi connectivity index (χ0v) is 13.3. The Bertz CT molecular complexity index is 648. The number of nitrogens with zero attached hydrogens (tertiary/aromatic N) is 1. The molecule has 1 atom stereocenters. The van der Waals surface area contributed by atoms with E-state index in [1.165, 1.54) is 13.1 Å². The maximum absolute atomic E-state index is 10.7. The van der Waals surface area contributed by atoms with Gasteiger partial charge in [0, 0.05) is 6.20 Å². The minimum atomic E-state index is -1.02. The average molecular weight is 373 g/mol. The first-order chi connectivity index (χ1) is 9.95. The molecule has 0 fully saturated rings. The quantitative estimate of drug-likeness (QED) is 0.854. The normalized spacial score (nSPS) is 11.8. The van der Waals surface area contributed by atoms with Crippen LogP contribution in [0.3, 0.4) is 0 Å². The molecule has 0 saturated heterocycles. The topological polar surface area (TPSA) is 68.7 Å². The Kier molecular flexibility index (Phi) is 5.03. The summed E-state index contributed by atoms with van der Waals surface area (Å²) < 4.78 is 11.4. The van der Waals surface area contributed by atoms with Crippen molar-refractivity contribution in [1.82, 2.24) is 4.98 Å². The first-order valence-corrected chi connectivity index (χ1v) is 7.11. The SMILES string of the molecule is CC(Oc1ccc(Oc2ncc(Cl)cc2Br)cc1)C(=O)O. The van der Waals surface area contributed by atoms with Gasteiger partial charge in [-0.2, -0.15) is 0 Å². The van der Waals surface area contributed by atoms with Crippen LogP contribution in [0.1, 0.15) is 6.92 Å². The summed E-state index contributed by atoms with van der Waals surface area (Å²) in [7, 11) is 0. The van der Waals surface area contributed by atoms with Crippen molar-refractivity contribution in [3.05, 3.63) is 46.0 Å². The predicted octanol–water partition coefficient (Wildman–Crippen LogP) is 4.14. The van der Waals surface area contributed by atoms with E-state index < -0.39 is 12.1 Å². The molecule has 0 radical (unpaired) electrons. The molecule has 0 amide bonds. The molecule has 110 valence electrons. The van der Waals surface area contributed by atoms with Gasteiger partial charge >= 0.3 is 5.97 Å². The summed E-state index contributed by atoms with van der Waals surface area (Å²) in [4.78, 5) is 14.8. The molecule has 5 nitrogen and oxygen atoms in total. The number of carbonyl (C=O) groups is 1. The number of hydrogen-bond donors (Lipinski definition) is 1. The Hall–Kier alpha value is -1.79. The van der Waals surface area contributed by atoms with Crippen LogP contribution in [0.5, 0.6) is 17.4 Å². The number of halogens is 2. The van der Waals surface area contributed by atoms with Gasteiger partial charge < -0.3 is 14.6 Å². The maximum atomic E-state index is 10.7. The number of carboxylic acid groups (broad SMARTS) is 1. The molecule has 1 heterocycles. The van der Waals surface area contributed by atoms with E-state index in [0.29, 0.717) is 26.9 Å². The maximum Gasteiger partial charge on any atom is 0.344 e. The smallest absolute Gasteiger partial charge is 0.344 e. The lowest BCUT2D eigenvalue weighted by Gasteiger charge is -2.11. The largest absolute Gasteiger partial charge is 0.479 e. The Morgan fingerprint density at radius 2 is 1.95 bits per heavy atom. The molecule has 0 bridgehead atoms. The lowest BCUT2D eigenvalue weighted by atomic mass is 10.3. The van der Waals surface area contributed by atoms with Crippen molar-refractivity contribution in [2.45, 2.75) is 13.0 Å². The minimum Gasteiger partial charge on any atom is -0.479 e. The number of rotatable bonds is 5. The predicted molar refractivity (Wildman–Crippen MR) is 81.2 cm³/mol. The summed E-state index contributed by atoms with van der Waals surface area (Å²) in [6, 6.07) is 8.24. The molecule has 1 N–H and O–H groups in total. The number of ether oxygens (including phenoxy) is 2. The van der Waals surface area contributed by atoms with Gasteiger partial charge in [0.25, 0.3) is 0 Å². The van der Waals surface area contributed by atoms with Crippen LogP contribution in [-0.2, 0) is 4.79 Å².